The Morgan fingerprint density at radius 3 is 2.52 bits per heavy atom. The van der Waals surface area contributed by atoms with Crippen molar-refractivity contribution in [3.8, 4) is 5.75 Å². The van der Waals surface area contributed by atoms with Gasteiger partial charge in [-0.2, -0.15) is 0 Å². The van der Waals surface area contributed by atoms with E-state index in [0.717, 1.165) is 0 Å². The van der Waals surface area contributed by atoms with Crippen LogP contribution in [0.1, 0.15) is 34.7 Å². The summed E-state index contributed by atoms with van der Waals surface area (Å²) in [7, 11) is 1.53. The third-order valence-electron chi connectivity index (χ3n) is 4.49. The van der Waals surface area contributed by atoms with Crippen LogP contribution in [-0.2, 0) is 19.0 Å². The molecule has 0 spiro atoms. The number of carbonyl (C=O) groups excluding carboxylic acids is 2. The van der Waals surface area contributed by atoms with Gasteiger partial charge in [0.15, 0.2) is 0 Å². The number of ether oxygens (including phenoxy) is 4. The Hall–Kier alpha value is -2.84. The number of aryl methyl sites for hydroxylation is 1. The lowest BCUT2D eigenvalue weighted by atomic mass is 10.1. The SMILES string of the molecule is CCOC(=O)[C@H](Oc1cc2c(C(=O)OCCOC)c(C)oc2cc1Br)c1ccccc1. The van der Waals surface area contributed by atoms with Gasteiger partial charge in [0, 0.05) is 18.1 Å². The highest BCUT2D eigenvalue weighted by Gasteiger charge is 2.27. The van der Waals surface area contributed by atoms with Crippen LogP contribution < -0.4 is 4.74 Å². The van der Waals surface area contributed by atoms with Gasteiger partial charge in [-0.3, -0.25) is 0 Å². The van der Waals surface area contributed by atoms with E-state index in [2.05, 4.69) is 15.9 Å². The first-order chi connectivity index (χ1) is 15.0. The predicted molar refractivity (Wildman–Crippen MR) is 117 cm³/mol. The highest BCUT2D eigenvalue weighted by molar-refractivity contribution is 9.10. The average molecular weight is 491 g/mol. The summed E-state index contributed by atoms with van der Waals surface area (Å²) < 4.78 is 27.7. The van der Waals surface area contributed by atoms with Gasteiger partial charge in [0.05, 0.1) is 17.7 Å². The monoisotopic (exact) mass is 490 g/mol. The van der Waals surface area contributed by atoms with Crippen LogP contribution in [0.2, 0.25) is 0 Å². The summed E-state index contributed by atoms with van der Waals surface area (Å²) in [5, 5.41) is 0.522. The molecule has 1 heterocycles. The molecule has 0 radical (unpaired) electrons. The highest BCUT2D eigenvalue weighted by atomic mass is 79.9. The van der Waals surface area contributed by atoms with Crippen LogP contribution in [0, 0.1) is 6.92 Å². The minimum Gasteiger partial charge on any atom is -0.473 e. The van der Waals surface area contributed by atoms with Crippen LogP contribution in [0.25, 0.3) is 11.0 Å². The molecule has 0 N–H and O–H groups in total. The van der Waals surface area contributed by atoms with Gasteiger partial charge < -0.3 is 23.4 Å². The van der Waals surface area contributed by atoms with E-state index in [-0.39, 0.29) is 13.2 Å². The van der Waals surface area contributed by atoms with Crippen molar-refractivity contribution >= 4 is 38.8 Å². The highest BCUT2D eigenvalue weighted by Crippen LogP contribution is 2.37. The summed E-state index contributed by atoms with van der Waals surface area (Å²) >= 11 is 3.46. The molecule has 1 aromatic heterocycles. The molecule has 31 heavy (non-hydrogen) atoms. The minimum atomic E-state index is -0.972. The first kappa shape index (κ1) is 22.8. The Balaban J connectivity index is 1.99. The number of methoxy groups -OCH3 is 1. The summed E-state index contributed by atoms with van der Waals surface area (Å²) in [6.07, 6.45) is -0.972. The number of fused-ring (bicyclic) bond motifs is 1. The smallest absolute Gasteiger partial charge is 0.352 e. The number of halogens is 1. The third-order valence-corrected chi connectivity index (χ3v) is 5.11. The number of furan rings is 1. The Kier molecular flexibility index (Phi) is 7.70. The molecule has 3 aromatic rings. The maximum atomic E-state index is 12.6. The molecule has 8 heteroatoms. The van der Waals surface area contributed by atoms with E-state index in [1.807, 2.05) is 18.2 Å². The largest absolute Gasteiger partial charge is 0.473 e. The van der Waals surface area contributed by atoms with E-state index < -0.39 is 18.0 Å². The van der Waals surface area contributed by atoms with Gasteiger partial charge in [0.25, 0.3) is 0 Å². The van der Waals surface area contributed by atoms with Crippen LogP contribution in [0.4, 0.5) is 0 Å². The molecular weight excluding hydrogens is 468 g/mol. The zero-order chi connectivity index (χ0) is 22.4. The zero-order valence-corrected chi connectivity index (χ0v) is 19.1. The lowest BCUT2D eigenvalue weighted by Crippen LogP contribution is -2.21. The maximum Gasteiger partial charge on any atom is 0.352 e. The Bertz CT molecular complexity index is 1060. The van der Waals surface area contributed by atoms with Gasteiger partial charge >= 0.3 is 11.9 Å². The summed E-state index contributed by atoms with van der Waals surface area (Å²) in [6, 6.07) is 12.4. The van der Waals surface area contributed by atoms with Crippen LogP contribution in [-0.4, -0.2) is 38.9 Å². The quantitative estimate of drug-likeness (QED) is 0.308. The van der Waals surface area contributed by atoms with Crippen molar-refractivity contribution in [1.82, 2.24) is 0 Å². The first-order valence-corrected chi connectivity index (χ1v) is 10.5. The number of benzene rings is 2. The fourth-order valence-electron chi connectivity index (χ4n) is 3.08. The van der Waals surface area contributed by atoms with E-state index in [0.29, 0.717) is 44.7 Å². The van der Waals surface area contributed by atoms with Crippen molar-refractivity contribution in [2.24, 2.45) is 0 Å². The van der Waals surface area contributed by atoms with Crippen LogP contribution in [0.5, 0.6) is 5.75 Å². The normalized spacial score (nSPS) is 11.9. The molecule has 164 valence electrons. The van der Waals surface area contributed by atoms with Gasteiger partial charge in [-0.25, -0.2) is 9.59 Å². The van der Waals surface area contributed by atoms with Gasteiger partial charge in [-0.1, -0.05) is 30.3 Å². The van der Waals surface area contributed by atoms with Crippen molar-refractivity contribution in [3.63, 3.8) is 0 Å². The molecule has 7 nitrogen and oxygen atoms in total. The standard InChI is InChI=1S/C23H23BrO7/c1-4-28-23(26)21(15-8-6-5-7-9-15)31-19-12-16-18(13-17(19)24)30-14(2)20(16)22(25)29-11-10-27-3/h5-9,12-13,21H,4,10-11H2,1-3H3/t21-/m1/s1. The van der Waals surface area contributed by atoms with E-state index in [9.17, 15) is 9.59 Å². The molecule has 0 fully saturated rings. The topological polar surface area (TPSA) is 84.2 Å². The summed E-state index contributed by atoms with van der Waals surface area (Å²) in [4.78, 5) is 25.2. The van der Waals surface area contributed by atoms with Gasteiger partial charge in [-0.15, -0.1) is 0 Å². The molecule has 0 unspecified atom stereocenters. The first-order valence-electron chi connectivity index (χ1n) is 9.73. The fourth-order valence-corrected chi connectivity index (χ4v) is 3.50. The van der Waals surface area contributed by atoms with E-state index in [4.69, 9.17) is 23.4 Å². The third kappa shape index (κ3) is 5.26. The summed E-state index contributed by atoms with van der Waals surface area (Å²) in [6.45, 7) is 4.06. The Labute approximate surface area is 188 Å². The number of rotatable bonds is 9. The van der Waals surface area contributed by atoms with Crippen molar-refractivity contribution in [1.29, 1.82) is 0 Å². The molecule has 0 bridgehead atoms. The lowest BCUT2D eigenvalue weighted by Gasteiger charge is -2.19. The molecule has 0 aliphatic heterocycles. The average Bonchev–Trinajstić information content (AvgIpc) is 3.07. The Morgan fingerprint density at radius 2 is 1.84 bits per heavy atom. The van der Waals surface area contributed by atoms with Gasteiger partial charge in [0.2, 0.25) is 6.10 Å². The molecule has 0 aliphatic rings. The molecule has 1 atom stereocenters. The second kappa shape index (κ2) is 10.5. The molecular formula is C23H23BrO7. The number of hydrogen-bond donors (Lipinski definition) is 0. The number of carbonyl (C=O) groups is 2. The van der Waals surface area contributed by atoms with E-state index >= 15 is 0 Å². The number of hydrogen-bond acceptors (Lipinski definition) is 7. The lowest BCUT2D eigenvalue weighted by molar-refractivity contribution is -0.151. The van der Waals surface area contributed by atoms with Crippen molar-refractivity contribution in [3.05, 3.63) is 63.8 Å². The molecule has 3 rings (SSSR count). The van der Waals surface area contributed by atoms with Crippen LogP contribution in [0.3, 0.4) is 0 Å². The second-order valence-corrected chi connectivity index (χ2v) is 7.46. The summed E-state index contributed by atoms with van der Waals surface area (Å²) in [5.41, 5.74) is 1.44. The minimum absolute atomic E-state index is 0.125. The van der Waals surface area contributed by atoms with Gasteiger partial charge in [-0.05, 0) is 41.9 Å². The van der Waals surface area contributed by atoms with E-state index in [1.54, 1.807) is 38.1 Å². The van der Waals surface area contributed by atoms with E-state index in [1.165, 1.54) is 7.11 Å². The molecule has 2 aromatic carbocycles. The predicted octanol–water partition coefficient (Wildman–Crippen LogP) is 4.99. The molecule has 0 amide bonds. The van der Waals surface area contributed by atoms with Crippen LogP contribution >= 0.6 is 15.9 Å². The zero-order valence-electron chi connectivity index (χ0n) is 17.5. The Morgan fingerprint density at radius 1 is 1.10 bits per heavy atom. The van der Waals surface area contributed by atoms with Crippen LogP contribution in [0.15, 0.2) is 51.4 Å². The summed E-state index contributed by atoms with van der Waals surface area (Å²) in [5.74, 6) is -0.248. The molecule has 0 saturated heterocycles. The van der Waals surface area contributed by atoms with Crippen molar-refractivity contribution < 1.29 is 33.0 Å². The second-order valence-electron chi connectivity index (χ2n) is 6.60. The maximum absolute atomic E-state index is 12.6. The fraction of sp³-hybridized carbons (Fsp3) is 0.304. The molecule has 0 saturated carbocycles. The van der Waals surface area contributed by atoms with Crippen molar-refractivity contribution in [2.75, 3.05) is 26.9 Å². The van der Waals surface area contributed by atoms with Gasteiger partial charge in [0.1, 0.15) is 29.3 Å². The molecule has 0 aliphatic carbocycles. The number of esters is 2. The van der Waals surface area contributed by atoms with Crippen molar-refractivity contribution in [2.45, 2.75) is 20.0 Å².